The molecule has 6 heteroatoms. The number of carbonyl (C=O) groups excluding carboxylic acids is 1. The molecule has 1 aliphatic heterocycles. The second kappa shape index (κ2) is 5.06. The molecule has 1 fully saturated rings. The number of anilines is 1. The summed E-state index contributed by atoms with van der Waals surface area (Å²) in [5, 5.41) is 0. The van der Waals surface area contributed by atoms with Gasteiger partial charge in [-0.2, -0.15) is 0 Å². The van der Waals surface area contributed by atoms with Crippen LogP contribution in [0.1, 0.15) is 38.3 Å². The minimum atomic E-state index is -3.29. The Morgan fingerprint density at radius 3 is 2.45 bits per heavy atom. The largest absolute Gasteiger partial charge is 0.324 e. The van der Waals surface area contributed by atoms with E-state index >= 15 is 0 Å². The van der Waals surface area contributed by atoms with E-state index < -0.39 is 9.84 Å². The molecule has 1 heterocycles. The van der Waals surface area contributed by atoms with Crippen molar-refractivity contribution in [2.75, 3.05) is 11.2 Å². The van der Waals surface area contributed by atoms with Crippen LogP contribution in [0.3, 0.4) is 0 Å². The highest BCUT2D eigenvalue weighted by Gasteiger charge is 2.46. The molecule has 2 aliphatic rings. The van der Waals surface area contributed by atoms with Crippen LogP contribution in [-0.4, -0.2) is 26.6 Å². The minimum Gasteiger partial charge on any atom is -0.324 e. The number of carbonyl (C=O) groups is 1. The van der Waals surface area contributed by atoms with Crippen molar-refractivity contribution in [1.82, 2.24) is 0 Å². The van der Waals surface area contributed by atoms with Crippen LogP contribution in [0.4, 0.5) is 5.69 Å². The van der Waals surface area contributed by atoms with Gasteiger partial charge in [-0.3, -0.25) is 4.79 Å². The maximum Gasteiger partial charge on any atom is 0.224 e. The average Bonchev–Trinajstić information content (AvgIpc) is 3.25. The minimum absolute atomic E-state index is 0.0102. The lowest BCUT2D eigenvalue weighted by atomic mass is 9.80. The second-order valence-corrected chi connectivity index (χ2v) is 8.61. The van der Waals surface area contributed by atoms with E-state index in [-0.39, 0.29) is 28.8 Å². The van der Waals surface area contributed by atoms with Gasteiger partial charge in [-0.15, -0.1) is 0 Å². The van der Waals surface area contributed by atoms with E-state index in [1.54, 1.807) is 25.1 Å². The molecular formula is C16H22N2O3S. The fourth-order valence-corrected chi connectivity index (χ4v) is 4.25. The molecule has 1 aromatic carbocycles. The number of hydrogen-bond donors (Lipinski definition) is 1. The van der Waals surface area contributed by atoms with E-state index in [2.05, 4.69) is 6.92 Å². The standard InChI is InChI=1S/C16H22N2O3S/c1-9-15(17)13-8-12(22(3,20)21)6-7-14(13)18(10(2)19)16(9)11-4-5-11/h6-9,11,15-16H,4-5,17H2,1-3H3/t9-,15-,16?/m1/s1. The molecule has 1 amide bonds. The van der Waals surface area contributed by atoms with Crippen molar-refractivity contribution in [2.24, 2.45) is 17.6 Å². The highest BCUT2D eigenvalue weighted by Crippen LogP contribution is 2.48. The number of fused-ring (bicyclic) bond motifs is 1. The quantitative estimate of drug-likeness (QED) is 0.901. The number of rotatable bonds is 2. The van der Waals surface area contributed by atoms with Crippen molar-refractivity contribution in [3.63, 3.8) is 0 Å². The zero-order valence-electron chi connectivity index (χ0n) is 13.1. The summed E-state index contributed by atoms with van der Waals surface area (Å²) >= 11 is 0. The molecule has 0 bridgehead atoms. The SMILES string of the molecule is CC(=O)N1c2ccc(S(C)(=O)=O)cc2[C@H](N)[C@@H](C)C1C1CC1. The molecule has 1 unspecified atom stereocenters. The Hall–Kier alpha value is -1.40. The molecule has 1 saturated carbocycles. The Morgan fingerprint density at radius 1 is 1.32 bits per heavy atom. The molecular weight excluding hydrogens is 300 g/mol. The fraction of sp³-hybridized carbons (Fsp3) is 0.562. The van der Waals surface area contributed by atoms with E-state index in [1.807, 2.05) is 4.90 Å². The van der Waals surface area contributed by atoms with E-state index in [0.29, 0.717) is 5.92 Å². The molecule has 0 spiro atoms. The highest BCUT2D eigenvalue weighted by atomic mass is 32.2. The van der Waals surface area contributed by atoms with Crippen molar-refractivity contribution in [3.8, 4) is 0 Å². The van der Waals surface area contributed by atoms with Crippen LogP contribution in [-0.2, 0) is 14.6 Å². The molecule has 3 atom stereocenters. The lowest BCUT2D eigenvalue weighted by Crippen LogP contribution is -2.51. The van der Waals surface area contributed by atoms with E-state index in [1.165, 1.54) is 6.26 Å². The molecule has 3 rings (SSSR count). The fourth-order valence-electron chi connectivity index (χ4n) is 3.60. The van der Waals surface area contributed by atoms with Gasteiger partial charge in [0.15, 0.2) is 9.84 Å². The van der Waals surface area contributed by atoms with Crippen LogP contribution in [0, 0.1) is 11.8 Å². The third-order valence-electron chi connectivity index (χ3n) is 4.89. The first-order valence-corrected chi connectivity index (χ1v) is 9.50. The third kappa shape index (κ3) is 2.44. The Balaban J connectivity index is 2.16. The van der Waals surface area contributed by atoms with Crippen molar-refractivity contribution in [1.29, 1.82) is 0 Å². The average molecular weight is 322 g/mol. The van der Waals surface area contributed by atoms with Gasteiger partial charge in [0, 0.05) is 31.0 Å². The van der Waals surface area contributed by atoms with Gasteiger partial charge < -0.3 is 10.6 Å². The van der Waals surface area contributed by atoms with Crippen LogP contribution in [0.15, 0.2) is 23.1 Å². The predicted molar refractivity (Wildman–Crippen MR) is 85.3 cm³/mol. The van der Waals surface area contributed by atoms with Gasteiger partial charge in [0.05, 0.1) is 4.90 Å². The number of sulfone groups is 1. The lowest BCUT2D eigenvalue weighted by molar-refractivity contribution is -0.117. The number of benzene rings is 1. The molecule has 2 N–H and O–H groups in total. The van der Waals surface area contributed by atoms with Crippen LogP contribution >= 0.6 is 0 Å². The first kappa shape index (κ1) is 15.5. The third-order valence-corrected chi connectivity index (χ3v) is 6.00. The Labute approximate surface area is 131 Å². The summed E-state index contributed by atoms with van der Waals surface area (Å²) in [6.45, 7) is 3.62. The number of nitrogens with two attached hydrogens (primary N) is 1. The lowest BCUT2D eigenvalue weighted by Gasteiger charge is -2.44. The van der Waals surface area contributed by atoms with E-state index in [0.717, 1.165) is 24.1 Å². The number of hydrogen-bond acceptors (Lipinski definition) is 4. The van der Waals surface area contributed by atoms with Crippen LogP contribution in [0.2, 0.25) is 0 Å². The first-order chi connectivity index (χ1) is 10.2. The molecule has 0 saturated heterocycles. The van der Waals surface area contributed by atoms with Crippen molar-refractivity contribution in [3.05, 3.63) is 23.8 Å². The highest BCUT2D eigenvalue weighted by molar-refractivity contribution is 7.90. The van der Waals surface area contributed by atoms with Gasteiger partial charge in [-0.05, 0) is 48.4 Å². The molecule has 5 nitrogen and oxygen atoms in total. The maximum absolute atomic E-state index is 12.2. The van der Waals surface area contributed by atoms with Crippen LogP contribution < -0.4 is 10.6 Å². The van der Waals surface area contributed by atoms with Gasteiger partial charge in [-0.1, -0.05) is 6.92 Å². The van der Waals surface area contributed by atoms with E-state index in [9.17, 15) is 13.2 Å². The van der Waals surface area contributed by atoms with Crippen molar-refractivity contribution in [2.45, 2.75) is 43.7 Å². The summed E-state index contributed by atoms with van der Waals surface area (Å²) in [7, 11) is -3.29. The van der Waals surface area contributed by atoms with Crippen molar-refractivity contribution >= 4 is 21.4 Å². The Bertz CT molecular complexity index is 725. The molecule has 1 aromatic rings. The van der Waals surface area contributed by atoms with Crippen LogP contribution in [0.25, 0.3) is 0 Å². The van der Waals surface area contributed by atoms with Crippen LogP contribution in [0.5, 0.6) is 0 Å². The van der Waals surface area contributed by atoms with Gasteiger partial charge in [0.1, 0.15) is 0 Å². The first-order valence-electron chi connectivity index (χ1n) is 7.61. The van der Waals surface area contributed by atoms with E-state index in [4.69, 9.17) is 5.73 Å². The smallest absolute Gasteiger partial charge is 0.224 e. The number of amides is 1. The normalized spacial score (nSPS) is 28.4. The molecule has 120 valence electrons. The predicted octanol–water partition coefficient (Wildman–Crippen LogP) is 1.87. The van der Waals surface area contributed by atoms with Gasteiger partial charge >= 0.3 is 0 Å². The summed E-state index contributed by atoms with van der Waals surface area (Å²) in [5.41, 5.74) is 7.91. The number of nitrogens with zero attached hydrogens (tertiary/aromatic N) is 1. The summed E-state index contributed by atoms with van der Waals surface area (Å²) in [6, 6.07) is 4.79. The summed E-state index contributed by atoms with van der Waals surface area (Å²) < 4.78 is 23.6. The zero-order chi connectivity index (χ0) is 16.2. The van der Waals surface area contributed by atoms with Gasteiger partial charge in [0.25, 0.3) is 0 Å². The van der Waals surface area contributed by atoms with Gasteiger partial charge in [0.2, 0.25) is 5.91 Å². The Kier molecular flexibility index (Phi) is 3.57. The zero-order valence-corrected chi connectivity index (χ0v) is 13.9. The Morgan fingerprint density at radius 2 is 1.95 bits per heavy atom. The summed E-state index contributed by atoms with van der Waals surface area (Å²) in [4.78, 5) is 14.3. The summed E-state index contributed by atoms with van der Waals surface area (Å²) in [5.74, 6) is 0.607. The molecule has 22 heavy (non-hydrogen) atoms. The molecule has 1 aliphatic carbocycles. The monoisotopic (exact) mass is 322 g/mol. The van der Waals surface area contributed by atoms with Gasteiger partial charge in [-0.25, -0.2) is 8.42 Å². The molecule has 0 aromatic heterocycles. The molecule has 0 radical (unpaired) electrons. The maximum atomic E-state index is 12.2. The second-order valence-electron chi connectivity index (χ2n) is 6.59. The summed E-state index contributed by atoms with van der Waals surface area (Å²) in [6.07, 6.45) is 3.44. The van der Waals surface area contributed by atoms with Crippen molar-refractivity contribution < 1.29 is 13.2 Å². The topological polar surface area (TPSA) is 80.5 Å².